The molecule has 1 aliphatic rings. The normalized spacial score (nSPS) is 13.7. The molecule has 1 amide bonds. The number of hydrogen-bond acceptors (Lipinski definition) is 7. The lowest BCUT2D eigenvalue weighted by Gasteiger charge is -2.09. The first-order valence-electron chi connectivity index (χ1n) is 10.4. The fourth-order valence-electron chi connectivity index (χ4n) is 3.38. The van der Waals surface area contributed by atoms with Gasteiger partial charge in [-0.05, 0) is 38.0 Å². The maximum absolute atomic E-state index is 12.5. The van der Waals surface area contributed by atoms with E-state index in [9.17, 15) is 13.2 Å². The van der Waals surface area contributed by atoms with Crippen molar-refractivity contribution < 1.29 is 13.2 Å². The largest absolute Gasteiger partial charge is 0.345 e. The summed E-state index contributed by atoms with van der Waals surface area (Å²) in [5.74, 6) is 0.268. The Bertz CT molecular complexity index is 1440. The molecule has 0 spiro atoms. The number of amides is 1. The SMILES string of the molecule is Cc1cn2cc(-c3ccc(C(=O)NCc4cc(NS(=O)(=O)C5CC5)ccn4)nc3)cnc2n1. The third-order valence-electron chi connectivity index (χ3n) is 5.23. The number of sulfonamides is 1. The molecule has 4 heterocycles. The molecule has 168 valence electrons. The zero-order valence-corrected chi connectivity index (χ0v) is 18.6. The summed E-state index contributed by atoms with van der Waals surface area (Å²) in [5, 5.41) is 2.45. The molecular weight excluding hydrogens is 442 g/mol. The van der Waals surface area contributed by atoms with Crippen molar-refractivity contribution in [1.82, 2.24) is 29.7 Å². The molecule has 0 saturated heterocycles. The van der Waals surface area contributed by atoms with E-state index < -0.39 is 10.0 Å². The molecule has 4 aromatic heterocycles. The summed E-state index contributed by atoms with van der Waals surface area (Å²) < 4.78 is 28.6. The van der Waals surface area contributed by atoms with E-state index in [-0.39, 0.29) is 23.4 Å². The average molecular weight is 464 g/mol. The molecule has 0 atom stereocenters. The van der Waals surface area contributed by atoms with Crippen LogP contribution in [0.1, 0.15) is 34.7 Å². The molecule has 0 unspecified atom stereocenters. The number of aryl methyl sites for hydroxylation is 1. The van der Waals surface area contributed by atoms with E-state index in [1.807, 2.05) is 23.7 Å². The standard InChI is InChI=1S/C22H21N7O3S/c1-14-12-29-13-16(10-26-22(29)27-14)15-2-5-20(24-9-15)21(30)25-11-18-8-17(6-7-23-18)28-33(31,32)19-3-4-19/h2,5-10,12-13,19H,3-4,11H2,1H3,(H,23,28)(H,25,30). The lowest BCUT2D eigenvalue weighted by atomic mass is 10.1. The lowest BCUT2D eigenvalue weighted by molar-refractivity contribution is 0.0945. The van der Waals surface area contributed by atoms with E-state index >= 15 is 0 Å². The minimum absolute atomic E-state index is 0.141. The van der Waals surface area contributed by atoms with Crippen LogP contribution in [0.5, 0.6) is 0 Å². The highest BCUT2D eigenvalue weighted by molar-refractivity contribution is 7.93. The van der Waals surface area contributed by atoms with Crippen LogP contribution in [-0.2, 0) is 16.6 Å². The van der Waals surface area contributed by atoms with Gasteiger partial charge in [0.2, 0.25) is 15.8 Å². The second-order valence-corrected chi connectivity index (χ2v) is 9.89. The number of pyridine rings is 2. The number of aromatic nitrogens is 5. The first kappa shape index (κ1) is 21.0. The Kier molecular flexibility index (Phi) is 5.25. The second kappa shape index (κ2) is 8.24. The van der Waals surface area contributed by atoms with Crippen molar-refractivity contribution in [3.8, 4) is 11.1 Å². The number of rotatable bonds is 7. The molecule has 1 aliphatic carbocycles. The Morgan fingerprint density at radius 2 is 1.91 bits per heavy atom. The number of fused-ring (bicyclic) bond motifs is 1. The van der Waals surface area contributed by atoms with E-state index in [4.69, 9.17) is 0 Å². The molecule has 4 aromatic rings. The summed E-state index contributed by atoms with van der Waals surface area (Å²) >= 11 is 0. The van der Waals surface area contributed by atoms with Crippen molar-refractivity contribution in [2.45, 2.75) is 31.6 Å². The van der Waals surface area contributed by atoms with Gasteiger partial charge in [0.05, 0.1) is 28.9 Å². The maximum atomic E-state index is 12.5. The first-order valence-corrected chi connectivity index (χ1v) is 11.9. The minimum atomic E-state index is -3.35. The van der Waals surface area contributed by atoms with Crippen molar-refractivity contribution in [1.29, 1.82) is 0 Å². The van der Waals surface area contributed by atoms with E-state index in [0.717, 1.165) is 16.8 Å². The molecule has 0 aliphatic heterocycles. The van der Waals surface area contributed by atoms with Gasteiger partial charge in [0.15, 0.2) is 0 Å². The topological polar surface area (TPSA) is 131 Å². The average Bonchev–Trinajstić information content (AvgIpc) is 3.60. The second-order valence-electron chi connectivity index (χ2n) is 7.93. The molecule has 0 radical (unpaired) electrons. The van der Waals surface area contributed by atoms with Gasteiger partial charge in [-0.2, -0.15) is 0 Å². The van der Waals surface area contributed by atoms with E-state index in [0.29, 0.717) is 30.0 Å². The van der Waals surface area contributed by atoms with Gasteiger partial charge in [-0.15, -0.1) is 0 Å². The molecule has 0 bridgehead atoms. The van der Waals surface area contributed by atoms with Gasteiger partial charge in [0.25, 0.3) is 5.91 Å². The highest BCUT2D eigenvalue weighted by Crippen LogP contribution is 2.29. The van der Waals surface area contributed by atoms with Gasteiger partial charge in [-0.25, -0.2) is 18.4 Å². The summed E-state index contributed by atoms with van der Waals surface area (Å²) in [6.45, 7) is 2.05. The van der Waals surface area contributed by atoms with Crippen LogP contribution in [0.3, 0.4) is 0 Å². The lowest BCUT2D eigenvalue weighted by Crippen LogP contribution is -2.24. The molecule has 0 aromatic carbocycles. The molecule has 11 heteroatoms. The van der Waals surface area contributed by atoms with Crippen molar-refractivity contribution in [2.24, 2.45) is 0 Å². The maximum Gasteiger partial charge on any atom is 0.270 e. The number of imidazole rings is 1. The van der Waals surface area contributed by atoms with E-state index in [1.165, 1.54) is 6.20 Å². The van der Waals surface area contributed by atoms with Crippen LogP contribution in [0.15, 0.2) is 55.2 Å². The fourth-order valence-corrected chi connectivity index (χ4v) is 4.76. The van der Waals surface area contributed by atoms with Crippen molar-refractivity contribution in [2.75, 3.05) is 4.72 Å². The third-order valence-corrected chi connectivity index (χ3v) is 7.10. The van der Waals surface area contributed by atoms with Crippen molar-refractivity contribution >= 4 is 27.4 Å². The molecule has 10 nitrogen and oxygen atoms in total. The minimum Gasteiger partial charge on any atom is -0.345 e. The fraction of sp³-hybridized carbons (Fsp3) is 0.227. The predicted octanol–water partition coefficient (Wildman–Crippen LogP) is 2.33. The smallest absolute Gasteiger partial charge is 0.270 e. The summed E-state index contributed by atoms with van der Waals surface area (Å²) in [6.07, 6.45) is 10.0. The Labute approximate surface area is 190 Å². The molecule has 1 saturated carbocycles. The summed E-state index contributed by atoms with van der Waals surface area (Å²) in [4.78, 5) is 29.6. The monoisotopic (exact) mass is 463 g/mol. The van der Waals surface area contributed by atoms with Gasteiger partial charge in [-0.1, -0.05) is 6.07 Å². The number of carbonyl (C=O) groups excluding carboxylic acids is 1. The van der Waals surface area contributed by atoms with Crippen LogP contribution in [-0.4, -0.2) is 43.9 Å². The summed E-state index contributed by atoms with van der Waals surface area (Å²) in [5.41, 5.74) is 3.79. The number of carbonyl (C=O) groups is 1. The Hall–Kier alpha value is -3.86. The Morgan fingerprint density at radius 3 is 2.67 bits per heavy atom. The van der Waals surface area contributed by atoms with E-state index in [1.54, 1.807) is 36.7 Å². The Balaban J connectivity index is 1.23. The highest BCUT2D eigenvalue weighted by atomic mass is 32.2. The van der Waals surface area contributed by atoms with Crippen molar-refractivity contribution in [3.63, 3.8) is 0 Å². The van der Waals surface area contributed by atoms with Crippen LogP contribution in [0.2, 0.25) is 0 Å². The molecule has 33 heavy (non-hydrogen) atoms. The van der Waals surface area contributed by atoms with Crippen molar-refractivity contribution in [3.05, 3.63) is 72.3 Å². The van der Waals surface area contributed by atoms with Crippen LogP contribution >= 0.6 is 0 Å². The van der Waals surface area contributed by atoms with Crippen LogP contribution in [0.25, 0.3) is 16.9 Å². The van der Waals surface area contributed by atoms with Crippen LogP contribution in [0, 0.1) is 6.92 Å². The van der Waals surface area contributed by atoms with Gasteiger partial charge in [0, 0.05) is 42.1 Å². The van der Waals surface area contributed by atoms with Crippen LogP contribution < -0.4 is 10.0 Å². The quantitative estimate of drug-likeness (QED) is 0.430. The van der Waals surface area contributed by atoms with Gasteiger partial charge < -0.3 is 5.32 Å². The van der Waals surface area contributed by atoms with Gasteiger partial charge >= 0.3 is 0 Å². The number of nitrogens with one attached hydrogen (secondary N) is 2. The molecule has 5 rings (SSSR count). The number of nitrogens with zero attached hydrogens (tertiary/aromatic N) is 5. The van der Waals surface area contributed by atoms with Crippen LogP contribution in [0.4, 0.5) is 5.69 Å². The zero-order valence-electron chi connectivity index (χ0n) is 17.8. The summed E-state index contributed by atoms with van der Waals surface area (Å²) in [7, 11) is -3.35. The molecular formula is C22H21N7O3S. The summed E-state index contributed by atoms with van der Waals surface area (Å²) in [6, 6.07) is 6.64. The van der Waals surface area contributed by atoms with E-state index in [2.05, 4.69) is 30.0 Å². The molecule has 1 fully saturated rings. The number of hydrogen-bond donors (Lipinski definition) is 2. The zero-order chi connectivity index (χ0) is 23.0. The molecule has 2 N–H and O–H groups in total. The third kappa shape index (κ3) is 4.67. The van der Waals surface area contributed by atoms with Gasteiger partial charge in [-0.3, -0.25) is 23.9 Å². The number of anilines is 1. The first-order chi connectivity index (χ1) is 15.9. The Morgan fingerprint density at radius 1 is 1.09 bits per heavy atom. The highest BCUT2D eigenvalue weighted by Gasteiger charge is 2.35. The van der Waals surface area contributed by atoms with Gasteiger partial charge in [0.1, 0.15) is 5.69 Å². The predicted molar refractivity (Wildman–Crippen MR) is 122 cm³/mol.